The Bertz CT molecular complexity index is 515. The van der Waals surface area contributed by atoms with Gasteiger partial charge in [-0.3, -0.25) is 4.79 Å². The van der Waals surface area contributed by atoms with Gasteiger partial charge in [-0.25, -0.2) is 0 Å². The molecule has 96 valence electrons. The number of carbonyl (C=O) groups excluding carboxylic acids is 1. The number of hydrogen-bond donors (Lipinski definition) is 0. The average molecular weight is 348 g/mol. The van der Waals surface area contributed by atoms with E-state index in [2.05, 4.69) is 26.1 Å². The lowest BCUT2D eigenvalue weighted by Gasteiger charge is -2.14. The molecule has 0 N–H and O–H groups in total. The van der Waals surface area contributed by atoms with Gasteiger partial charge in [-0.05, 0) is 28.1 Å². The zero-order valence-electron chi connectivity index (χ0n) is 9.50. The van der Waals surface area contributed by atoms with Gasteiger partial charge >= 0.3 is 0 Å². The van der Waals surface area contributed by atoms with Crippen LogP contribution in [0.4, 0.5) is 0 Å². The second-order valence-corrected chi connectivity index (χ2v) is 6.29. The number of halogens is 1. The summed E-state index contributed by atoms with van der Waals surface area (Å²) in [7, 11) is 1.75. The third-order valence-electron chi connectivity index (χ3n) is 2.11. The van der Waals surface area contributed by atoms with Gasteiger partial charge in [0.1, 0.15) is 11.3 Å². The van der Waals surface area contributed by atoms with Gasteiger partial charge in [0.25, 0.3) is 0 Å². The molecule has 18 heavy (non-hydrogen) atoms. The maximum Gasteiger partial charge on any atom is 0.233 e. The predicted octanol–water partition coefficient (Wildman–Crippen LogP) is 2.64. The Morgan fingerprint density at radius 1 is 1.61 bits per heavy atom. The molecule has 0 saturated carbocycles. The summed E-state index contributed by atoms with van der Waals surface area (Å²) in [5, 5.41) is 7.59. The van der Waals surface area contributed by atoms with Gasteiger partial charge in [0.2, 0.25) is 5.91 Å². The smallest absolute Gasteiger partial charge is 0.233 e. The summed E-state index contributed by atoms with van der Waals surface area (Å²) in [6, 6.07) is 3.65. The quantitative estimate of drug-likeness (QED) is 0.778. The van der Waals surface area contributed by atoms with E-state index in [1.54, 1.807) is 17.5 Å². The Morgan fingerprint density at radius 2 is 2.44 bits per heavy atom. The Hall–Kier alpha value is -0.860. The maximum atomic E-state index is 11.9. The molecule has 2 aromatic heterocycles. The van der Waals surface area contributed by atoms with E-state index in [0.29, 0.717) is 17.0 Å². The molecule has 0 atom stereocenters. The van der Waals surface area contributed by atoms with Crippen molar-refractivity contribution in [2.75, 3.05) is 12.8 Å². The minimum absolute atomic E-state index is 0.0303. The molecule has 0 unspecified atom stereocenters. The van der Waals surface area contributed by atoms with Crippen molar-refractivity contribution >= 4 is 44.9 Å². The van der Waals surface area contributed by atoms with E-state index in [-0.39, 0.29) is 5.91 Å². The summed E-state index contributed by atoms with van der Waals surface area (Å²) < 4.78 is 6.82. The third-order valence-corrected chi connectivity index (χ3v) is 4.38. The summed E-state index contributed by atoms with van der Waals surface area (Å²) in [5.41, 5.74) is 1.65. The molecule has 0 saturated heterocycles. The zero-order chi connectivity index (χ0) is 13.0. The molecule has 1 amide bonds. The summed E-state index contributed by atoms with van der Waals surface area (Å²) in [4.78, 5) is 13.5. The summed E-state index contributed by atoms with van der Waals surface area (Å²) in [5.74, 6) is 1.13. The standard InChI is InChI=1S/C10H10BrN3O2S2/c1-14(4-7-2-3-8(11)16-7)9(15)5-17-10-13-12-6-18-10/h2-3,6H,4-5H2,1H3. The highest BCUT2D eigenvalue weighted by atomic mass is 79.9. The number of aromatic nitrogens is 2. The van der Waals surface area contributed by atoms with Crippen LogP contribution < -0.4 is 0 Å². The molecule has 0 spiro atoms. The van der Waals surface area contributed by atoms with Crippen LogP contribution in [0.1, 0.15) is 5.76 Å². The van der Waals surface area contributed by atoms with Crippen molar-refractivity contribution in [2.45, 2.75) is 10.9 Å². The van der Waals surface area contributed by atoms with Crippen molar-refractivity contribution in [3.8, 4) is 0 Å². The molecular weight excluding hydrogens is 338 g/mol. The second kappa shape index (κ2) is 6.35. The van der Waals surface area contributed by atoms with Gasteiger partial charge in [0.05, 0.1) is 12.3 Å². The van der Waals surface area contributed by atoms with Gasteiger partial charge in [0, 0.05) is 7.05 Å². The summed E-state index contributed by atoms with van der Waals surface area (Å²) >= 11 is 6.05. The van der Waals surface area contributed by atoms with E-state index in [1.165, 1.54) is 23.1 Å². The fraction of sp³-hybridized carbons (Fsp3) is 0.300. The first-order valence-electron chi connectivity index (χ1n) is 5.02. The second-order valence-electron chi connectivity index (χ2n) is 3.45. The first-order valence-corrected chi connectivity index (χ1v) is 7.68. The van der Waals surface area contributed by atoms with Crippen LogP contribution in [-0.4, -0.2) is 33.8 Å². The molecule has 0 aliphatic rings. The van der Waals surface area contributed by atoms with Crippen LogP contribution in [0.25, 0.3) is 0 Å². The van der Waals surface area contributed by atoms with Gasteiger partial charge in [-0.2, -0.15) is 0 Å². The topological polar surface area (TPSA) is 59.2 Å². The molecular formula is C10H10BrN3O2S2. The lowest BCUT2D eigenvalue weighted by atomic mass is 10.4. The number of furan rings is 1. The lowest BCUT2D eigenvalue weighted by Crippen LogP contribution is -2.27. The van der Waals surface area contributed by atoms with Crippen molar-refractivity contribution in [3.63, 3.8) is 0 Å². The van der Waals surface area contributed by atoms with Crippen molar-refractivity contribution in [2.24, 2.45) is 0 Å². The maximum absolute atomic E-state index is 11.9. The molecule has 0 aliphatic carbocycles. The van der Waals surface area contributed by atoms with Crippen LogP contribution in [0.5, 0.6) is 0 Å². The van der Waals surface area contributed by atoms with Crippen molar-refractivity contribution in [1.29, 1.82) is 0 Å². The van der Waals surface area contributed by atoms with Crippen LogP contribution in [-0.2, 0) is 11.3 Å². The van der Waals surface area contributed by atoms with Crippen LogP contribution in [0, 0.1) is 0 Å². The number of carbonyl (C=O) groups is 1. The minimum atomic E-state index is 0.0303. The van der Waals surface area contributed by atoms with Gasteiger partial charge in [-0.1, -0.05) is 23.1 Å². The number of amides is 1. The van der Waals surface area contributed by atoms with E-state index in [0.717, 1.165) is 10.1 Å². The number of thioether (sulfide) groups is 1. The Morgan fingerprint density at radius 3 is 3.06 bits per heavy atom. The first kappa shape index (κ1) is 13.6. The Kier molecular flexibility index (Phi) is 4.79. The molecule has 0 aliphatic heterocycles. The number of nitrogens with zero attached hydrogens (tertiary/aromatic N) is 3. The van der Waals surface area contributed by atoms with Gasteiger partial charge in [-0.15, -0.1) is 10.2 Å². The molecule has 2 aromatic rings. The first-order chi connectivity index (χ1) is 8.65. The molecule has 2 heterocycles. The highest BCUT2D eigenvalue weighted by Crippen LogP contribution is 2.20. The molecule has 0 fully saturated rings. The fourth-order valence-electron chi connectivity index (χ4n) is 1.22. The fourth-order valence-corrected chi connectivity index (χ4v) is 2.99. The van der Waals surface area contributed by atoms with E-state index in [9.17, 15) is 4.79 Å². The zero-order valence-corrected chi connectivity index (χ0v) is 12.7. The van der Waals surface area contributed by atoms with Crippen LogP contribution in [0.2, 0.25) is 0 Å². The van der Waals surface area contributed by atoms with Crippen LogP contribution in [0.15, 0.2) is 31.1 Å². The van der Waals surface area contributed by atoms with Crippen molar-refractivity contribution in [3.05, 3.63) is 28.1 Å². The molecule has 0 radical (unpaired) electrons. The number of hydrogen-bond acceptors (Lipinski definition) is 6. The monoisotopic (exact) mass is 347 g/mol. The lowest BCUT2D eigenvalue weighted by molar-refractivity contribution is -0.127. The molecule has 2 rings (SSSR count). The van der Waals surface area contributed by atoms with Gasteiger partial charge < -0.3 is 9.32 Å². The SMILES string of the molecule is CN(Cc1ccc(Br)o1)C(=O)CSc1nncs1. The van der Waals surface area contributed by atoms with Crippen molar-refractivity contribution < 1.29 is 9.21 Å². The third kappa shape index (κ3) is 3.82. The molecule has 0 bridgehead atoms. The van der Waals surface area contributed by atoms with Crippen LogP contribution >= 0.6 is 39.0 Å². The minimum Gasteiger partial charge on any atom is -0.452 e. The highest BCUT2D eigenvalue weighted by Gasteiger charge is 2.12. The van der Waals surface area contributed by atoms with Crippen LogP contribution in [0.3, 0.4) is 0 Å². The van der Waals surface area contributed by atoms with Gasteiger partial charge in [0.15, 0.2) is 9.01 Å². The molecule has 0 aromatic carbocycles. The molecule has 8 heteroatoms. The Labute approximate surface area is 121 Å². The van der Waals surface area contributed by atoms with Crippen molar-refractivity contribution in [1.82, 2.24) is 15.1 Å². The summed E-state index contributed by atoms with van der Waals surface area (Å²) in [6.07, 6.45) is 0. The highest BCUT2D eigenvalue weighted by molar-refractivity contribution is 9.10. The Balaban J connectivity index is 1.81. The van der Waals surface area contributed by atoms with E-state index >= 15 is 0 Å². The average Bonchev–Trinajstić information content (AvgIpc) is 2.97. The normalized spacial score (nSPS) is 10.6. The molecule has 5 nitrogen and oxygen atoms in total. The predicted molar refractivity (Wildman–Crippen MR) is 73.5 cm³/mol. The largest absolute Gasteiger partial charge is 0.452 e. The van der Waals surface area contributed by atoms with E-state index < -0.39 is 0 Å². The summed E-state index contributed by atoms with van der Waals surface area (Å²) in [6.45, 7) is 0.459. The van der Waals surface area contributed by atoms with E-state index in [4.69, 9.17) is 4.42 Å². The van der Waals surface area contributed by atoms with E-state index in [1.807, 2.05) is 12.1 Å². The number of rotatable bonds is 5.